The Morgan fingerprint density at radius 2 is 1.96 bits per heavy atom. The Morgan fingerprint density at radius 1 is 1.30 bits per heavy atom. The number of benzene rings is 1. The van der Waals surface area contributed by atoms with E-state index in [4.69, 9.17) is 9.47 Å². The minimum atomic E-state index is -4.43. The molecule has 23 heavy (non-hydrogen) atoms. The van der Waals surface area contributed by atoms with Gasteiger partial charge in [-0.05, 0) is 19.1 Å². The lowest BCUT2D eigenvalue weighted by Crippen LogP contribution is -2.53. The molecule has 1 amide bonds. The third-order valence-corrected chi connectivity index (χ3v) is 3.41. The summed E-state index contributed by atoms with van der Waals surface area (Å²) in [5.74, 6) is -0.122. The first-order valence-electron chi connectivity index (χ1n) is 7.28. The SMILES string of the molecule is C[C@H]1CNCCN1C(=O)COc1ccccc1OCC(F)(F)F. The van der Waals surface area contributed by atoms with Crippen molar-refractivity contribution in [2.45, 2.75) is 19.1 Å². The molecule has 0 aliphatic carbocycles. The average molecular weight is 332 g/mol. The van der Waals surface area contributed by atoms with Crippen molar-refractivity contribution >= 4 is 5.91 Å². The molecule has 1 atom stereocenters. The first kappa shape index (κ1) is 17.4. The molecule has 1 aliphatic heterocycles. The van der Waals surface area contributed by atoms with Crippen LogP contribution in [0.1, 0.15) is 6.92 Å². The fourth-order valence-corrected chi connectivity index (χ4v) is 2.28. The van der Waals surface area contributed by atoms with E-state index in [9.17, 15) is 18.0 Å². The Kier molecular flexibility index (Phi) is 5.70. The molecule has 5 nitrogen and oxygen atoms in total. The Morgan fingerprint density at radius 3 is 2.57 bits per heavy atom. The molecule has 0 bridgehead atoms. The fourth-order valence-electron chi connectivity index (χ4n) is 2.28. The van der Waals surface area contributed by atoms with Crippen LogP contribution in [0.25, 0.3) is 0 Å². The quantitative estimate of drug-likeness (QED) is 0.894. The van der Waals surface area contributed by atoms with Crippen LogP contribution in [0.4, 0.5) is 13.2 Å². The Bertz CT molecular complexity index is 537. The molecule has 1 aromatic rings. The van der Waals surface area contributed by atoms with Crippen LogP contribution in [0, 0.1) is 0 Å². The molecule has 0 unspecified atom stereocenters. The van der Waals surface area contributed by atoms with E-state index >= 15 is 0 Å². The number of nitrogens with one attached hydrogen (secondary N) is 1. The van der Waals surface area contributed by atoms with Gasteiger partial charge in [-0.1, -0.05) is 12.1 Å². The number of amides is 1. The summed E-state index contributed by atoms with van der Waals surface area (Å²) in [7, 11) is 0. The van der Waals surface area contributed by atoms with E-state index < -0.39 is 12.8 Å². The van der Waals surface area contributed by atoms with Crippen LogP contribution in [0.15, 0.2) is 24.3 Å². The Balaban J connectivity index is 1.93. The third-order valence-electron chi connectivity index (χ3n) is 3.41. The molecule has 1 aliphatic rings. The van der Waals surface area contributed by atoms with Gasteiger partial charge < -0.3 is 19.7 Å². The highest BCUT2D eigenvalue weighted by molar-refractivity contribution is 5.78. The summed E-state index contributed by atoms with van der Waals surface area (Å²) >= 11 is 0. The number of hydrogen-bond acceptors (Lipinski definition) is 4. The predicted octanol–water partition coefficient (Wildman–Crippen LogP) is 1.83. The molecule has 0 saturated carbocycles. The van der Waals surface area contributed by atoms with Crippen LogP contribution < -0.4 is 14.8 Å². The van der Waals surface area contributed by atoms with Gasteiger partial charge in [-0.25, -0.2) is 0 Å². The number of hydrogen-bond donors (Lipinski definition) is 1. The smallest absolute Gasteiger partial charge is 0.422 e. The summed E-state index contributed by atoms with van der Waals surface area (Å²) in [5.41, 5.74) is 0. The molecule has 1 saturated heterocycles. The van der Waals surface area contributed by atoms with E-state index in [0.29, 0.717) is 19.6 Å². The zero-order valence-electron chi connectivity index (χ0n) is 12.7. The van der Waals surface area contributed by atoms with Gasteiger partial charge >= 0.3 is 6.18 Å². The van der Waals surface area contributed by atoms with Gasteiger partial charge in [-0.2, -0.15) is 13.2 Å². The standard InChI is InChI=1S/C15H19F3N2O3/c1-11-8-19-6-7-20(11)14(21)9-22-12-4-2-3-5-13(12)23-10-15(16,17)18/h2-5,11,19H,6-10H2,1H3/t11-/m0/s1. The maximum Gasteiger partial charge on any atom is 0.422 e. The first-order chi connectivity index (χ1) is 10.9. The second kappa shape index (κ2) is 7.54. The minimum absolute atomic E-state index is 0.0361. The summed E-state index contributed by atoms with van der Waals surface area (Å²) < 4.78 is 46.8. The summed E-state index contributed by atoms with van der Waals surface area (Å²) in [5, 5.41) is 3.17. The van der Waals surface area contributed by atoms with Gasteiger partial charge in [0.2, 0.25) is 0 Å². The number of ether oxygens (including phenoxy) is 2. The van der Waals surface area contributed by atoms with Crippen LogP contribution in [0.5, 0.6) is 11.5 Å². The van der Waals surface area contributed by atoms with Gasteiger partial charge in [0.25, 0.3) is 5.91 Å². The lowest BCUT2D eigenvalue weighted by molar-refractivity contribution is -0.153. The number of halogens is 3. The molecule has 1 aromatic carbocycles. The van der Waals surface area contributed by atoms with E-state index in [1.54, 1.807) is 17.0 Å². The molecule has 0 spiro atoms. The van der Waals surface area contributed by atoms with Gasteiger partial charge in [0.15, 0.2) is 24.7 Å². The van der Waals surface area contributed by atoms with Crippen LogP contribution >= 0.6 is 0 Å². The zero-order valence-corrected chi connectivity index (χ0v) is 12.7. The highest BCUT2D eigenvalue weighted by Crippen LogP contribution is 2.28. The zero-order chi connectivity index (χ0) is 16.9. The molecular weight excluding hydrogens is 313 g/mol. The fraction of sp³-hybridized carbons (Fsp3) is 0.533. The van der Waals surface area contributed by atoms with E-state index in [1.807, 2.05) is 6.92 Å². The average Bonchev–Trinajstić information content (AvgIpc) is 2.51. The number of piperazine rings is 1. The molecular formula is C15H19F3N2O3. The van der Waals surface area contributed by atoms with Crippen LogP contribution in [-0.2, 0) is 4.79 Å². The number of carbonyl (C=O) groups is 1. The molecule has 128 valence electrons. The minimum Gasteiger partial charge on any atom is -0.480 e. The molecule has 1 heterocycles. The molecule has 0 radical (unpaired) electrons. The maximum atomic E-state index is 12.2. The number of carbonyl (C=O) groups excluding carboxylic acids is 1. The van der Waals surface area contributed by atoms with Crippen molar-refractivity contribution < 1.29 is 27.4 Å². The first-order valence-corrected chi connectivity index (χ1v) is 7.28. The summed E-state index contributed by atoms with van der Waals surface area (Å²) in [6.07, 6.45) is -4.43. The molecule has 2 rings (SSSR count). The molecule has 0 aromatic heterocycles. The monoisotopic (exact) mass is 332 g/mol. The highest BCUT2D eigenvalue weighted by atomic mass is 19.4. The number of nitrogens with zero attached hydrogens (tertiary/aromatic N) is 1. The van der Waals surface area contributed by atoms with E-state index in [-0.39, 0.29) is 30.1 Å². The van der Waals surface area contributed by atoms with Crippen molar-refractivity contribution in [3.8, 4) is 11.5 Å². The maximum absolute atomic E-state index is 12.2. The van der Waals surface area contributed by atoms with Crippen molar-refractivity contribution in [2.24, 2.45) is 0 Å². The van der Waals surface area contributed by atoms with E-state index in [2.05, 4.69) is 5.32 Å². The normalized spacial score (nSPS) is 18.6. The van der Waals surface area contributed by atoms with E-state index in [1.165, 1.54) is 12.1 Å². The van der Waals surface area contributed by atoms with Crippen molar-refractivity contribution in [1.29, 1.82) is 0 Å². The largest absolute Gasteiger partial charge is 0.480 e. The highest BCUT2D eigenvalue weighted by Gasteiger charge is 2.29. The summed E-state index contributed by atoms with van der Waals surface area (Å²) in [4.78, 5) is 13.9. The molecule has 1 fully saturated rings. The van der Waals surface area contributed by atoms with Gasteiger partial charge in [-0.3, -0.25) is 4.79 Å². The summed E-state index contributed by atoms with van der Waals surface area (Å²) in [6.45, 7) is 2.27. The Hall–Kier alpha value is -1.96. The van der Waals surface area contributed by atoms with Gasteiger partial charge in [0, 0.05) is 25.7 Å². The van der Waals surface area contributed by atoms with Crippen LogP contribution in [0.3, 0.4) is 0 Å². The van der Waals surface area contributed by atoms with Crippen LogP contribution in [-0.4, -0.2) is 55.9 Å². The lowest BCUT2D eigenvalue weighted by atomic mass is 10.2. The van der Waals surface area contributed by atoms with Gasteiger partial charge in [0.05, 0.1) is 0 Å². The van der Waals surface area contributed by atoms with Gasteiger partial charge in [0.1, 0.15) is 0 Å². The predicted molar refractivity (Wildman–Crippen MR) is 77.5 cm³/mol. The van der Waals surface area contributed by atoms with Gasteiger partial charge in [-0.15, -0.1) is 0 Å². The lowest BCUT2D eigenvalue weighted by Gasteiger charge is -2.33. The van der Waals surface area contributed by atoms with Crippen LogP contribution in [0.2, 0.25) is 0 Å². The number of para-hydroxylation sites is 2. The number of alkyl halides is 3. The second-order valence-electron chi connectivity index (χ2n) is 5.28. The second-order valence-corrected chi connectivity index (χ2v) is 5.28. The topological polar surface area (TPSA) is 50.8 Å². The van der Waals surface area contributed by atoms with Crippen molar-refractivity contribution in [1.82, 2.24) is 10.2 Å². The van der Waals surface area contributed by atoms with Crippen molar-refractivity contribution in [3.63, 3.8) is 0 Å². The third kappa shape index (κ3) is 5.31. The van der Waals surface area contributed by atoms with Crippen molar-refractivity contribution in [2.75, 3.05) is 32.8 Å². The molecule has 1 N–H and O–H groups in total. The van der Waals surface area contributed by atoms with Crippen molar-refractivity contribution in [3.05, 3.63) is 24.3 Å². The van der Waals surface area contributed by atoms with E-state index in [0.717, 1.165) is 0 Å². The number of rotatable bonds is 5. The summed E-state index contributed by atoms with van der Waals surface area (Å²) in [6, 6.07) is 6.04. The Labute approximate surface area is 132 Å². The molecule has 8 heteroatoms.